The van der Waals surface area contributed by atoms with Gasteiger partial charge in [0.15, 0.2) is 5.71 Å². The van der Waals surface area contributed by atoms with E-state index >= 15 is 0 Å². The lowest BCUT2D eigenvalue weighted by atomic mass is 9.81. The first-order chi connectivity index (χ1) is 24.1. The first kappa shape index (κ1) is 40.3. The zero-order chi connectivity index (χ0) is 37.4. The summed E-state index contributed by atoms with van der Waals surface area (Å²) in [6.07, 6.45) is 14.8. The number of hydrogen-bond donors (Lipinski definition) is 3. The van der Waals surface area contributed by atoms with Crippen molar-refractivity contribution in [3.8, 4) is 5.75 Å². The molecule has 2 heterocycles. The number of aromatic hydroxyl groups is 1. The first-order valence-electron chi connectivity index (χ1n) is 18.0. The zero-order valence-electron chi connectivity index (χ0n) is 30.2. The fourth-order valence-corrected chi connectivity index (χ4v) is 7.84. The van der Waals surface area contributed by atoms with Crippen LogP contribution < -0.4 is 10.5 Å². The molecule has 0 bridgehead atoms. The third kappa shape index (κ3) is 10.3. The van der Waals surface area contributed by atoms with Crippen molar-refractivity contribution in [3.63, 3.8) is 0 Å². The van der Waals surface area contributed by atoms with Crippen LogP contribution in [0.5, 0.6) is 5.75 Å². The molecule has 3 N–H and O–H groups in total. The van der Waals surface area contributed by atoms with Gasteiger partial charge >= 0.3 is 5.63 Å². The highest BCUT2D eigenvalue weighted by molar-refractivity contribution is 7.86. The number of nitrogens with zero attached hydrogens (tertiary/aromatic N) is 2. The van der Waals surface area contributed by atoms with E-state index < -0.39 is 37.0 Å². The minimum atomic E-state index is -4.51. The molecule has 2 aromatic carbocycles. The lowest BCUT2D eigenvalue weighted by Crippen LogP contribution is -2.28. The molecule has 280 valence electrons. The molecule has 1 aromatic heterocycles. The van der Waals surface area contributed by atoms with E-state index in [-0.39, 0.29) is 34.8 Å². The first-order valence-corrected chi connectivity index (χ1v) is 21.1. The van der Waals surface area contributed by atoms with Crippen molar-refractivity contribution in [2.75, 3.05) is 30.3 Å². The Hall–Kier alpha value is -3.52. The van der Waals surface area contributed by atoms with E-state index in [1.807, 2.05) is 26.0 Å². The van der Waals surface area contributed by atoms with Crippen LogP contribution in [0.25, 0.3) is 17.0 Å². The molecule has 0 saturated carbocycles. The summed E-state index contributed by atoms with van der Waals surface area (Å²) in [6.45, 7) is 9.97. The molecule has 1 aliphatic heterocycles. The quantitative estimate of drug-likeness (QED) is 0.0449. The summed E-state index contributed by atoms with van der Waals surface area (Å²) in [5.74, 6) is -0.735. The van der Waals surface area contributed by atoms with E-state index in [0.29, 0.717) is 22.3 Å². The van der Waals surface area contributed by atoms with Crippen LogP contribution in [-0.2, 0) is 25.7 Å². The third-order valence-electron chi connectivity index (χ3n) is 9.68. The molecule has 0 amide bonds. The molecule has 11 nitrogen and oxygen atoms in total. The topological polar surface area (TPSA) is 165 Å². The second-order valence-electron chi connectivity index (χ2n) is 13.9. The summed E-state index contributed by atoms with van der Waals surface area (Å²) >= 11 is 0. The van der Waals surface area contributed by atoms with Crippen LogP contribution >= 0.6 is 0 Å². The van der Waals surface area contributed by atoms with Gasteiger partial charge in [0.25, 0.3) is 20.2 Å². The Morgan fingerprint density at radius 2 is 1.45 bits per heavy atom. The number of allylic oxidation sites excluding steroid dienone is 1. The number of benzene rings is 2. The average Bonchev–Trinajstić information content (AvgIpc) is 3.26. The highest BCUT2D eigenvalue weighted by Crippen LogP contribution is 2.42. The van der Waals surface area contributed by atoms with Crippen molar-refractivity contribution in [1.82, 2.24) is 0 Å². The third-order valence-corrected chi connectivity index (χ3v) is 11.3. The number of anilines is 1. The molecule has 4 rings (SSSR count). The highest BCUT2D eigenvalue weighted by atomic mass is 32.2. The second kappa shape index (κ2) is 17.3. The predicted molar refractivity (Wildman–Crippen MR) is 203 cm³/mol. The maximum atomic E-state index is 13.4. The molecule has 51 heavy (non-hydrogen) atoms. The Balaban J connectivity index is 1.69. The van der Waals surface area contributed by atoms with E-state index in [1.165, 1.54) is 62.8 Å². The predicted octanol–water partition coefficient (Wildman–Crippen LogP) is 7.86. The van der Waals surface area contributed by atoms with Crippen LogP contribution in [-0.4, -0.2) is 66.7 Å². The summed E-state index contributed by atoms with van der Waals surface area (Å²) in [5, 5.41) is 11.8. The fourth-order valence-electron chi connectivity index (χ4n) is 6.84. The standard InChI is InChI=1S/C38H52N2O9S2/c1-5-7-9-11-13-22-39(23-14-12-10-8-6-2)28-16-18-30-34(26-28)49-37(42)31(36(30)41)19-21-35-38(3,4)32-27-29(51(46,47)48)17-20-33(32)40(35)24-15-25-50(43,44)45/h16-21,26-27H,5-15,22-25H2,1-4H3,(H2,43,44,45,46,47,48)/p+1. The highest BCUT2D eigenvalue weighted by Gasteiger charge is 2.45. The summed E-state index contributed by atoms with van der Waals surface area (Å²) in [4.78, 5) is 15.4. The molecule has 0 atom stereocenters. The Morgan fingerprint density at radius 1 is 0.824 bits per heavy atom. The van der Waals surface area contributed by atoms with Gasteiger partial charge in [-0.1, -0.05) is 65.2 Å². The van der Waals surface area contributed by atoms with Crippen molar-refractivity contribution in [2.45, 2.75) is 109 Å². The van der Waals surface area contributed by atoms with Gasteiger partial charge in [-0.25, -0.2) is 4.79 Å². The van der Waals surface area contributed by atoms with Crippen LogP contribution in [0.15, 0.2) is 56.6 Å². The summed E-state index contributed by atoms with van der Waals surface area (Å²) in [5.41, 5.74) is 1.22. The van der Waals surface area contributed by atoms with Gasteiger partial charge in [-0.05, 0) is 57.0 Å². The normalized spacial score (nSPS) is 14.5. The number of fused-ring (bicyclic) bond motifs is 2. The van der Waals surface area contributed by atoms with Gasteiger partial charge in [-0.3, -0.25) is 9.11 Å². The Morgan fingerprint density at radius 3 is 2.04 bits per heavy atom. The van der Waals surface area contributed by atoms with Gasteiger partial charge in [-0.15, -0.1) is 0 Å². The molecule has 0 aliphatic carbocycles. The fraction of sp³-hybridized carbons (Fsp3) is 0.526. The van der Waals surface area contributed by atoms with E-state index in [1.54, 1.807) is 16.7 Å². The molecule has 0 radical (unpaired) electrons. The zero-order valence-corrected chi connectivity index (χ0v) is 31.9. The molecule has 3 aromatic rings. The number of unbranched alkanes of at least 4 members (excludes halogenated alkanes) is 8. The molecular formula is C38H53N2O9S2+. The van der Waals surface area contributed by atoms with Crippen LogP contribution in [0.3, 0.4) is 0 Å². The second-order valence-corrected chi connectivity index (χ2v) is 16.9. The molecule has 13 heteroatoms. The lowest BCUT2D eigenvalue weighted by molar-refractivity contribution is -0.437. The molecule has 0 unspecified atom stereocenters. The van der Waals surface area contributed by atoms with Crippen molar-refractivity contribution >= 4 is 54.4 Å². The van der Waals surface area contributed by atoms with Gasteiger partial charge in [0, 0.05) is 49.0 Å². The number of hydrogen-bond acceptors (Lipinski definition) is 8. The van der Waals surface area contributed by atoms with Crippen LogP contribution in [0.2, 0.25) is 0 Å². The van der Waals surface area contributed by atoms with E-state index in [0.717, 1.165) is 44.5 Å². The van der Waals surface area contributed by atoms with Gasteiger partial charge in [0.05, 0.1) is 21.4 Å². The van der Waals surface area contributed by atoms with Gasteiger partial charge in [0.1, 0.15) is 23.4 Å². The minimum Gasteiger partial charge on any atom is -0.506 e. The van der Waals surface area contributed by atoms with Crippen molar-refractivity contribution in [3.05, 3.63) is 64.0 Å². The Kier molecular flexibility index (Phi) is 13.7. The van der Waals surface area contributed by atoms with Crippen LogP contribution in [0, 0.1) is 0 Å². The van der Waals surface area contributed by atoms with Crippen molar-refractivity contribution in [1.29, 1.82) is 0 Å². The van der Waals surface area contributed by atoms with Gasteiger partial charge in [0.2, 0.25) is 5.69 Å². The summed E-state index contributed by atoms with van der Waals surface area (Å²) in [6, 6.07) is 9.67. The molecule has 1 aliphatic rings. The van der Waals surface area contributed by atoms with Gasteiger partial charge in [-0.2, -0.15) is 21.4 Å². The van der Waals surface area contributed by atoms with Crippen molar-refractivity contribution < 1.29 is 40.0 Å². The lowest BCUT2D eigenvalue weighted by Gasteiger charge is -2.25. The Bertz CT molecular complexity index is 2020. The SMILES string of the molecule is CCCCCCCN(CCCCCCC)c1ccc2c(O)c(/C=C/C3=[N+](CCCS(=O)(=O)O)c4ccc(S(=O)(=O)O)cc4C3(C)C)c(=O)oc2c1. The monoisotopic (exact) mass is 745 g/mol. The van der Waals surface area contributed by atoms with E-state index in [9.17, 15) is 35.8 Å². The molecular weight excluding hydrogens is 693 g/mol. The van der Waals surface area contributed by atoms with E-state index in [2.05, 4.69) is 18.7 Å². The van der Waals surface area contributed by atoms with E-state index in [4.69, 9.17) is 4.42 Å². The van der Waals surface area contributed by atoms with Crippen molar-refractivity contribution in [2.24, 2.45) is 0 Å². The molecule has 0 saturated heterocycles. The summed E-state index contributed by atoms with van der Waals surface area (Å²) < 4.78 is 73.4. The maximum absolute atomic E-state index is 13.4. The summed E-state index contributed by atoms with van der Waals surface area (Å²) in [7, 11) is -8.74. The Labute approximate surface area is 302 Å². The molecule has 0 spiro atoms. The van der Waals surface area contributed by atoms with Gasteiger partial charge < -0.3 is 14.4 Å². The minimum absolute atomic E-state index is 0.0476. The molecule has 0 fully saturated rings. The number of rotatable bonds is 20. The maximum Gasteiger partial charge on any atom is 0.347 e. The average molecular weight is 746 g/mol. The largest absolute Gasteiger partial charge is 0.506 e. The van der Waals surface area contributed by atoms with Crippen LogP contribution in [0.4, 0.5) is 11.4 Å². The van der Waals surface area contributed by atoms with Crippen LogP contribution in [0.1, 0.15) is 109 Å². The smallest absolute Gasteiger partial charge is 0.347 e.